The van der Waals surface area contributed by atoms with E-state index in [0.29, 0.717) is 19.4 Å². The number of hydrogen-bond acceptors (Lipinski definition) is 2. The second-order valence-electron chi connectivity index (χ2n) is 5.26. The summed E-state index contributed by atoms with van der Waals surface area (Å²) in [6.45, 7) is 4.73. The maximum Gasteiger partial charge on any atom is 0.319 e. The van der Waals surface area contributed by atoms with Crippen molar-refractivity contribution in [3.8, 4) is 0 Å². The molecule has 84 valence electrons. The number of rotatable bonds is 2. The number of carbonyl (C=O) groups excluding carboxylic acids is 1. The molecule has 0 aromatic carbocycles. The molecule has 0 aromatic rings. The van der Waals surface area contributed by atoms with Gasteiger partial charge in [0.15, 0.2) is 0 Å². The number of carboxylic acid groups (broad SMARTS) is 1. The van der Waals surface area contributed by atoms with Crippen LogP contribution in [0.1, 0.15) is 39.5 Å². The quantitative estimate of drug-likeness (QED) is 0.699. The van der Waals surface area contributed by atoms with Gasteiger partial charge in [0.05, 0.1) is 0 Å². The van der Waals surface area contributed by atoms with Crippen molar-refractivity contribution in [2.75, 3.05) is 6.54 Å². The van der Waals surface area contributed by atoms with Gasteiger partial charge in [-0.15, -0.1) is 0 Å². The number of carboxylic acids is 1. The van der Waals surface area contributed by atoms with Crippen molar-refractivity contribution in [3.63, 3.8) is 0 Å². The molecule has 1 saturated heterocycles. The molecule has 2 aliphatic rings. The van der Waals surface area contributed by atoms with Crippen molar-refractivity contribution < 1.29 is 14.7 Å². The van der Waals surface area contributed by atoms with Gasteiger partial charge in [0.2, 0.25) is 5.91 Å². The molecule has 1 saturated carbocycles. The number of likely N-dealkylation sites (tertiary alicyclic amines) is 1. The van der Waals surface area contributed by atoms with E-state index in [1.54, 1.807) is 4.90 Å². The monoisotopic (exact) mass is 211 g/mol. The third-order valence-corrected chi connectivity index (χ3v) is 3.71. The van der Waals surface area contributed by atoms with Crippen LogP contribution in [0.3, 0.4) is 0 Å². The lowest BCUT2D eigenvalue weighted by Gasteiger charge is -2.33. The topological polar surface area (TPSA) is 57.6 Å². The van der Waals surface area contributed by atoms with Gasteiger partial charge in [-0.05, 0) is 39.5 Å². The van der Waals surface area contributed by atoms with Gasteiger partial charge in [-0.3, -0.25) is 9.59 Å². The van der Waals surface area contributed by atoms with Crippen LogP contribution in [0.5, 0.6) is 0 Å². The highest BCUT2D eigenvalue weighted by Crippen LogP contribution is 2.49. The first-order valence-corrected chi connectivity index (χ1v) is 5.46. The first-order chi connectivity index (χ1) is 6.90. The molecule has 2 rings (SSSR count). The maximum absolute atomic E-state index is 12.1. The van der Waals surface area contributed by atoms with Crippen molar-refractivity contribution in [2.24, 2.45) is 5.41 Å². The maximum atomic E-state index is 12.1. The fourth-order valence-corrected chi connectivity index (χ4v) is 2.39. The molecular formula is C11H17NO3. The summed E-state index contributed by atoms with van der Waals surface area (Å²) in [5.41, 5.74) is -1.23. The van der Waals surface area contributed by atoms with E-state index in [9.17, 15) is 9.59 Å². The minimum atomic E-state index is -1.07. The predicted molar refractivity (Wildman–Crippen MR) is 54.3 cm³/mol. The summed E-state index contributed by atoms with van der Waals surface area (Å²) >= 11 is 0. The lowest BCUT2D eigenvalue weighted by atomic mass is 9.98. The van der Waals surface area contributed by atoms with E-state index in [2.05, 4.69) is 0 Å². The fourth-order valence-electron chi connectivity index (χ4n) is 2.39. The Morgan fingerprint density at radius 1 is 1.20 bits per heavy atom. The van der Waals surface area contributed by atoms with Crippen molar-refractivity contribution in [1.82, 2.24) is 4.90 Å². The van der Waals surface area contributed by atoms with Crippen molar-refractivity contribution in [2.45, 2.75) is 45.1 Å². The molecule has 0 aromatic heterocycles. The minimum absolute atomic E-state index is 0.165. The predicted octanol–water partition coefficient (Wildman–Crippen LogP) is 1.25. The van der Waals surface area contributed by atoms with Gasteiger partial charge in [0.1, 0.15) is 5.41 Å². The van der Waals surface area contributed by atoms with Crippen LogP contribution in [0.25, 0.3) is 0 Å². The molecule has 1 amide bonds. The van der Waals surface area contributed by atoms with Crippen LogP contribution in [0.4, 0.5) is 0 Å². The van der Waals surface area contributed by atoms with Gasteiger partial charge in [-0.25, -0.2) is 0 Å². The summed E-state index contributed by atoms with van der Waals surface area (Å²) in [6.07, 6.45) is 2.96. The van der Waals surface area contributed by atoms with Crippen LogP contribution in [0.2, 0.25) is 0 Å². The lowest BCUT2D eigenvalue weighted by molar-refractivity contribution is -0.155. The Morgan fingerprint density at radius 3 is 2.13 bits per heavy atom. The summed E-state index contributed by atoms with van der Waals surface area (Å²) in [6, 6.07) is 0. The summed E-state index contributed by atoms with van der Waals surface area (Å²) in [4.78, 5) is 24.9. The van der Waals surface area contributed by atoms with Crippen LogP contribution < -0.4 is 0 Å². The Morgan fingerprint density at radius 2 is 1.80 bits per heavy atom. The Labute approximate surface area is 89.3 Å². The zero-order valence-corrected chi connectivity index (χ0v) is 9.25. The number of aliphatic carboxylic acids is 1. The molecular weight excluding hydrogens is 194 g/mol. The molecule has 15 heavy (non-hydrogen) atoms. The Kier molecular flexibility index (Phi) is 2.07. The molecule has 0 bridgehead atoms. The number of hydrogen-bond donors (Lipinski definition) is 1. The van der Waals surface area contributed by atoms with E-state index in [1.807, 2.05) is 13.8 Å². The molecule has 1 aliphatic carbocycles. The summed E-state index contributed by atoms with van der Waals surface area (Å²) < 4.78 is 0. The summed E-state index contributed by atoms with van der Waals surface area (Å²) in [5, 5.41) is 9.06. The van der Waals surface area contributed by atoms with Crippen molar-refractivity contribution in [1.29, 1.82) is 0 Å². The third-order valence-electron chi connectivity index (χ3n) is 3.71. The fraction of sp³-hybridized carbons (Fsp3) is 0.818. The van der Waals surface area contributed by atoms with E-state index in [1.165, 1.54) is 0 Å². The average molecular weight is 211 g/mol. The van der Waals surface area contributed by atoms with Gasteiger partial charge in [0.25, 0.3) is 0 Å². The normalized spacial score (nSPS) is 26.4. The largest absolute Gasteiger partial charge is 0.480 e. The number of nitrogens with zero attached hydrogens (tertiary/aromatic N) is 1. The van der Waals surface area contributed by atoms with E-state index >= 15 is 0 Å². The SMILES string of the molecule is CC1(C)CCCN1C(=O)C1(C(=O)O)CC1. The molecule has 2 fully saturated rings. The Hall–Kier alpha value is -1.06. The van der Waals surface area contributed by atoms with Crippen LogP contribution >= 0.6 is 0 Å². The van der Waals surface area contributed by atoms with Crippen LogP contribution in [0.15, 0.2) is 0 Å². The van der Waals surface area contributed by atoms with E-state index in [4.69, 9.17) is 5.11 Å². The molecule has 0 radical (unpaired) electrons. The number of amides is 1. The highest BCUT2D eigenvalue weighted by atomic mass is 16.4. The van der Waals surface area contributed by atoms with E-state index in [0.717, 1.165) is 12.8 Å². The molecule has 0 unspecified atom stereocenters. The first-order valence-electron chi connectivity index (χ1n) is 5.46. The molecule has 1 N–H and O–H groups in total. The van der Waals surface area contributed by atoms with Gasteiger partial charge in [-0.1, -0.05) is 0 Å². The van der Waals surface area contributed by atoms with Gasteiger partial charge in [0, 0.05) is 12.1 Å². The highest BCUT2D eigenvalue weighted by Gasteiger charge is 2.60. The second kappa shape index (κ2) is 2.97. The minimum Gasteiger partial charge on any atom is -0.480 e. The van der Waals surface area contributed by atoms with Gasteiger partial charge < -0.3 is 10.0 Å². The van der Waals surface area contributed by atoms with Crippen LogP contribution in [-0.4, -0.2) is 34.0 Å². The Balaban J connectivity index is 2.19. The van der Waals surface area contributed by atoms with Crippen LogP contribution in [-0.2, 0) is 9.59 Å². The first kappa shape index (κ1) is 10.5. The molecule has 0 spiro atoms. The lowest BCUT2D eigenvalue weighted by Crippen LogP contribution is -2.48. The van der Waals surface area contributed by atoms with E-state index < -0.39 is 11.4 Å². The number of carbonyl (C=O) groups is 2. The molecule has 1 heterocycles. The average Bonchev–Trinajstić information content (AvgIpc) is 2.86. The molecule has 0 atom stereocenters. The van der Waals surface area contributed by atoms with Gasteiger partial charge >= 0.3 is 5.97 Å². The van der Waals surface area contributed by atoms with Crippen molar-refractivity contribution >= 4 is 11.9 Å². The molecule has 1 aliphatic heterocycles. The standard InChI is InChI=1S/C11H17NO3/c1-10(2)4-3-7-12(10)8(13)11(5-6-11)9(14)15/h3-7H2,1-2H3,(H,14,15). The van der Waals surface area contributed by atoms with E-state index in [-0.39, 0.29) is 11.4 Å². The third kappa shape index (κ3) is 1.43. The Bertz CT molecular complexity index is 318. The van der Waals surface area contributed by atoms with Crippen LogP contribution in [0, 0.1) is 5.41 Å². The van der Waals surface area contributed by atoms with Gasteiger partial charge in [-0.2, -0.15) is 0 Å². The van der Waals surface area contributed by atoms with Crippen molar-refractivity contribution in [3.05, 3.63) is 0 Å². The summed E-state index contributed by atoms with van der Waals surface area (Å²) in [7, 11) is 0. The molecule has 4 nitrogen and oxygen atoms in total. The zero-order chi connectivity index (χ0) is 11.3. The highest BCUT2D eigenvalue weighted by molar-refractivity contribution is 6.05. The zero-order valence-electron chi connectivity index (χ0n) is 9.25. The smallest absolute Gasteiger partial charge is 0.319 e. The summed E-state index contributed by atoms with van der Waals surface area (Å²) in [5.74, 6) is -1.12. The molecule has 4 heteroatoms. The second-order valence-corrected chi connectivity index (χ2v) is 5.26.